The molecule has 0 bridgehead atoms. The van der Waals surface area contributed by atoms with Crippen molar-refractivity contribution in [2.75, 3.05) is 5.32 Å². The molecule has 0 aliphatic carbocycles. The molecule has 0 aliphatic heterocycles. The maximum Gasteiger partial charge on any atom is 0.573 e. The monoisotopic (exact) mass is 366 g/mol. The first-order valence-corrected chi connectivity index (χ1v) is 7.70. The van der Waals surface area contributed by atoms with Gasteiger partial charge in [0.05, 0.1) is 12.5 Å². The predicted molar refractivity (Wildman–Crippen MR) is 89.4 cm³/mol. The van der Waals surface area contributed by atoms with E-state index in [2.05, 4.69) is 15.4 Å². The molecule has 1 atom stereocenters. The van der Waals surface area contributed by atoms with Gasteiger partial charge in [-0.1, -0.05) is 30.3 Å². The molecular formula is C18H17F3N2O3. The van der Waals surface area contributed by atoms with E-state index in [1.165, 1.54) is 19.1 Å². The van der Waals surface area contributed by atoms with Crippen LogP contribution in [0.2, 0.25) is 0 Å². The Morgan fingerprint density at radius 2 is 1.65 bits per heavy atom. The number of anilines is 1. The first-order valence-electron chi connectivity index (χ1n) is 7.70. The van der Waals surface area contributed by atoms with Crippen LogP contribution in [0.3, 0.4) is 0 Å². The van der Waals surface area contributed by atoms with Gasteiger partial charge in [-0.25, -0.2) is 0 Å². The molecule has 138 valence electrons. The number of halogens is 3. The molecule has 0 spiro atoms. The van der Waals surface area contributed by atoms with E-state index >= 15 is 0 Å². The van der Waals surface area contributed by atoms with Gasteiger partial charge in [-0.3, -0.25) is 9.59 Å². The van der Waals surface area contributed by atoms with Gasteiger partial charge in [0.25, 0.3) is 0 Å². The average molecular weight is 366 g/mol. The van der Waals surface area contributed by atoms with Crippen molar-refractivity contribution in [3.8, 4) is 5.75 Å². The molecule has 0 heterocycles. The minimum absolute atomic E-state index is 0.0234. The van der Waals surface area contributed by atoms with Crippen LogP contribution in [0.15, 0.2) is 54.6 Å². The van der Waals surface area contributed by atoms with Crippen LogP contribution in [0.1, 0.15) is 24.9 Å². The van der Waals surface area contributed by atoms with E-state index in [4.69, 9.17) is 0 Å². The van der Waals surface area contributed by atoms with E-state index in [1.807, 2.05) is 6.07 Å². The van der Waals surface area contributed by atoms with E-state index < -0.39 is 18.3 Å². The summed E-state index contributed by atoms with van der Waals surface area (Å²) < 4.78 is 40.2. The number of alkyl halides is 3. The molecule has 2 aromatic rings. The maximum atomic E-state index is 12.2. The molecule has 26 heavy (non-hydrogen) atoms. The van der Waals surface area contributed by atoms with Crippen LogP contribution in [0.4, 0.5) is 18.9 Å². The number of hydrogen-bond acceptors (Lipinski definition) is 3. The van der Waals surface area contributed by atoms with Gasteiger partial charge in [0.2, 0.25) is 11.8 Å². The lowest BCUT2D eigenvalue weighted by Gasteiger charge is -2.18. The van der Waals surface area contributed by atoms with Crippen molar-refractivity contribution in [1.29, 1.82) is 0 Å². The lowest BCUT2D eigenvalue weighted by molar-refractivity contribution is -0.274. The van der Waals surface area contributed by atoms with Gasteiger partial charge in [-0.2, -0.15) is 0 Å². The van der Waals surface area contributed by atoms with Gasteiger partial charge in [0, 0.05) is 12.6 Å². The fourth-order valence-corrected chi connectivity index (χ4v) is 2.32. The second-order valence-corrected chi connectivity index (χ2v) is 5.49. The van der Waals surface area contributed by atoms with Gasteiger partial charge < -0.3 is 15.4 Å². The number of carbonyl (C=O) groups is 2. The summed E-state index contributed by atoms with van der Waals surface area (Å²) in [5, 5.41) is 5.28. The zero-order chi connectivity index (χ0) is 19.2. The maximum absolute atomic E-state index is 12.2. The van der Waals surface area contributed by atoms with Crippen molar-refractivity contribution >= 4 is 17.5 Å². The quantitative estimate of drug-likeness (QED) is 0.817. The van der Waals surface area contributed by atoms with Gasteiger partial charge >= 0.3 is 6.36 Å². The summed E-state index contributed by atoms with van der Waals surface area (Å²) in [7, 11) is 0. The molecule has 0 saturated carbocycles. The summed E-state index contributed by atoms with van der Waals surface area (Å²) in [6, 6.07) is 13.3. The summed E-state index contributed by atoms with van der Waals surface area (Å²) in [6.45, 7) is 1.35. The highest BCUT2D eigenvalue weighted by molar-refractivity contribution is 5.91. The largest absolute Gasteiger partial charge is 0.573 e. The third-order valence-electron chi connectivity index (χ3n) is 3.34. The number of hydrogen-bond donors (Lipinski definition) is 2. The molecule has 0 saturated heterocycles. The zero-order valence-corrected chi connectivity index (χ0v) is 13.8. The Morgan fingerprint density at radius 3 is 2.19 bits per heavy atom. The molecule has 5 nitrogen and oxygen atoms in total. The smallest absolute Gasteiger partial charge is 0.406 e. The zero-order valence-electron chi connectivity index (χ0n) is 13.8. The lowest BCUT2D eigenvalue weighted by Crippen LogP contribution is -2.29. The number of ether oxygens (including phenoxy) is 1. The molecular weight excluding hydrogens is 349 g/mol. The van der Waals surface area contributed by atoms with Crippen molar-refractivity contribution in [1.82, 2.24) is 5.32 Å². The third-order valence-corrected chi connectivity index (χ3v) is 3.34. The van der Waals surface area contributed by atoms with E-state index in [1.54, 1.807) is 24.3 Å². The standard InChI is InChI=1S/C18H17F3N2O3/c1-12(24)22-16(13-5-3-2-4-6-13)11-17(25)23-14-7-9-15(10-8-14)26-18(19,20)21/h2-10,16H,11H2,1H3,(H,22,24)(H,23,25)/t16-/m1/s1. The molecule has 0 aromatic heterocycles. The molecule has 0 aliphatic rings. The Morgan fingerprint density at radius 1 is 1.04 bits per heavy atom. The number of amides is 2. The Balaban J connectivity index is 2.00. The second kappa shape index (κ2) is 8.37. The van der Waals surface area contributed by atoms with Crippen LogP contribution >= 0.6 is 0 Å². The van der Waals surface area contributed by atoms with Crippen molar-refractivity contribution in [3.63, 3.8) is 0 Å². The van der Waals surface area contributed by atoms with Crippen LogP contribution in [-0.2, 0) is 9.59 Å². The fourth-order valence-electron chi connectivity index (χ4n) is 2.32. The van der Waals surface area contributed by atoms with Crippen molar-refractivity contribution < 1.29 is 27.5 Å². The van der Waals surface area contributed by atoms with E-state index in [0.29, 0.717) is 5.69 Å². The van der Waals surface area contributed by atoms with Crippen LogP contribution in [0, 0.1) is 0 Å². The van der Waals surface area contributed by atoms with Crippen LogP contribution in [0.25, 0.3) is 0 Å². The summed E-state index contributed by atoms with van der Waals surface area (Å²) in [6.07, 6.45) is -4.80. The molecule has 2 aromatic carbocycles. The first kappa shape index (κ1) is 19.3. The second-order valence-electron chi connectivity index (χ2n) is 5.49. The number of rotatable bonds is 6. The molecule has 0 unspecified atom stereocenters. The highest BCUT2D eigenvalue weighted by Gasteiger charge is 2.31. The molecule has 0 radical (unpaired) electrons. The summed E-state index contributed by atoms with van der Waals surface area (Å²) in [4.78, 5) is 23.6. The summed E-state index contributed by atoms with van der Waals surface area (Å²) >= 11 is 0. The fraction of sp³-hybridized carbons (Fsp3) is 0.222. The van der Waals surface area contributed by atoms with Crippen LogP contribution in [0.5, 0.6) is 5.75 Å². The number of nitrogens with one attached hydrogen (secondary N) is 2. The minimum atomic E-state index is -4.77. The Labute approximate surface area is 148 Å². The van der Waals surface area contributed by atoms with E-state index in [0.717, 1.165) is 17.7 Å². The van der Waals surface area contributed by atoms with Crippen molar-refractivity contribution in [3.05, 3.63) is 60.2 Å². The molecule has 2 rings (SSSR count). The Hall–Kier alpha value is -3.03. The van der Waals surface area contributed by atoms with Gasteiger partial charge in [-0.15, -0.1) is 13.2 Å². The molecule has 2 N–H and O–H groups in total. The van der Waals surface area contributed by atoms with Crippen LogP contribution < -0.4 is 15.4 Å². The van der Waals surface area contributed by atoms with Gasteiger partial charge in [-0.05, 0) is 29.8 Å². The molecule has 2 amide bonds. The highest BCUT2D eigenvalue weighted by atomic mass is 19.4. The molecule has 8 heteroatoms. The van der Waals surface area contributed by atoms with Gasteiger partial charge in [0.1, 0.15) is 5.75 Å². The average Bonchev–Trinajstić information content (AvgIpc) is 2.55. The van der Waals surface area contributed by atoms with Crippen LogP contribution in [-0.4, -0.2) is 18.2 Å². The topological polar surface area (TPSA) is 67.4 Å². The number of benzene rings is 2. The third kappa shape index (κ3) is 6.46. The van der Waals surface area contributed by atoms with E-state index in [9.17, 15) is 22.8 Å². The van der Waals surface area contributed by atoms with Crippen molar-refractivity contribution in [2.24, 2.45) is 0 Å². The SMILES string of the molecule is CC(=O)N[C@H](CC(=O)Nc1ccc(OC(F)(F)F)cc1)c1ccccc1. The number of carbonyl (C=O) groups excluding carboxylic acids is 2. The summed E-state index contributed by atoms with van der Waals surface area (Å²) in [5.41, 5.74) is 1.09. The van der Waals surface area contributed by atoms with Gasteiger partial charge in [0.15, 0.2) is 0 Å². The first-order chi connectivity index (χ1) is 12.2. The molecule has 0 fully saturated rings. The highest BCUT2D eigenvalue weighted by Crippen LogP contribution is 2.24. The Bertz CT molecular complexity index is 747. The lowest BCUT2D eigenvalue weighted by atomic mass is 10.0. The normalized spacial score (nSPS) is 12.2. The van der Waals surface area contributed by atoms with Crippen molar-refractivity contribution in [2.45, 2.75) is 25.7 Å². The Kier molecular flexibility index (Phi) is 6.21. The summed E-state index contributed by atoms with van der Waals surface area (Å²) in [5.74, 6) is -1.05. The predicted octanol–water partition coefficient (Wildman–Crippen LogP) is 3.79. The minimum Gasteiger partial charge on any atom is -0.406 e. The van der Waals surface area contributed by atoms with E-state index in [-0.39, 0.29) is 18.1 Å².